The molecule has 1 spiro atoms. The Bertz CT molecular complexity index is 342. The first kappa shape index (κ1) is 11.8. The van der Waals surface area contributed by atoms with Gasteiger partial charge in [-0.25, -0.2) is 9.69 Å². The Morgan fingerprint density at radius 2 is 2.06 bits per heavy atom. The van der Waals surface area contributed by atoms with E-state index in [9.17, 15) is 14.4 Å². The van der Waals surface area contributed by atoms with Crippen LogP contribution in [-0.4, -0.2) is 53.2 Å². The van der Waals surface area contributed by atoms with E-state index in [1.165, 1.54) is 0 Å². The highest BCUT2D eigenvalue weighted by Crippen LogP contribution is 2.32. The SMILES string of the molecule is O=C(O)CN1C(=O)CC2(CCNCC2)OC1=O. The number of carbonyl (C=O) groups is 3. The van der Waals surface area contributed by atoms with Gasteiger partial charge in [0, 0.05) is 12.8 Å². The summed E-state index contributed by atoms with van der Waals surface area (Å²) < 4.78 is 5.26. The number of carbonyl (C=O) groups excluding carboxylic acids is 2. The van der Waals surface area contributed by atoms with Crippen molar-refractivity contribution in [2.45, 2.75) is 24.9 Å². The fourth-order valence-corrected chi connectivity index (χ4v) is 2.20. The van der Waals surface area contributed by atoms with E-state index in [1.54, 1.807) is 0 Å². The van der Waals surface area contributed by atoms with E-state index in [0.29, 0.717) is 30.8 Å². The highest BCUT2D eigenvalue weighted by molar-refractivity contribution is 5.97. The summed E-state index contributed by atoms with van der Waals surface area (Å²) in [6, 6.07) is 0. The lowest BCUT2D eigenvalue weighted by atomic mass is 9.87. The second kappa shape index (κ2) is 4.33. The Morgan fingerprint density at radius 1 is 1.41 bits per heavy atom. The molecule has 7 heteroatoms. The zero-order valence-corrected chi connectivity index (χ0v) is 9.27. The van der Waals surface area contributed by atoms with Crippen molar-refractivity contribution in [3.8, 4) is 0 Å². The van der Waals surface area contributed by atoms with E-state index in [-0.39, 0.29) is 6.42 Å². The molecular formula is C10H14N2O5. The number of imide groups is 1. The molecule has 0 aromatic heterocycles. The summed E-state index contributed by atoms with van der Waals surface area (Å²) in [6.45, 7) is 0.755. The molecule has 0 aromatic carbocycles. The van der Waals surface area contributed by atoms with Crippen LogP contribution >= 0.6 is 0 Å². The first-order valence-corrected chi connectivity index (χ1v) is 5.48. The zero-order valence-electron chi connectivity index (χ0n) is 9.27. The van der Waals surface area contributed by atoms with Crippen molar-refractivity contribution in [2.24, 2.45) is 0 Å². The molecule has 0 bridgehead atoms. The van der Waals surface area contributed by atoms with E-state index in [1.807, 2.05) is 0 Å². The third-order valence-electron chi connectivity index (χ3n) is 3.11. The number of hydrogen-bond donors (Lipinski definition) is 2. The van der Waals surface area contributed by atoms with Crippen molar-refractivity contribution in [3.63, 3.8) is 0 Å². The molecule has 0 saturated carbocycles. The van der Waals surface area contributed by atoms with Crippen molar-refractivity contribution < 1.29 is 24.2 Å². The second-order valence-electron chi connectivity index (χ2n) is 4.35. The summed E-state index contributed by atoms with van der Waals surface area (Å²) in [6.07, 6.45) is 0.412. The largest absolute Gasteiger partial charge is 0.480 e. The molecule has 0 atom stereocenters. The van der Waals surface area contributed by atoms with Crippen LogP contribution in [0.5, 0.6) is 0 Å². The smallest absolute Gasteiger partial charge is 0.417 e. The van der Waals surface area contributed by atoms with Gasteiger partial charge in [-0.1, -0.05) is 0 Å². The van der Waals surface area contributed by atoms with Crippen LogP contribution < -0.4 is 5.32 Å². The van der Waals surface area contributed by atoms with Gasteiger partial charge in [-0.05, 0) is 13.1 Å². The van der Waals surface area contributed by atoms with Crippen LogP contribution in [0.25, 0.3) is 0 Å². The maximum atomic E-state index is 11.8. The minimum Gasteiger partial charge on any atom is -0.480 e. The average Bonchev–Trinajstić information content (AvgIpc) is 2.24. The molecule has 0 radical (unpaired) electrons. The monoisotopic (exact) mass is 242 g/mol. The molecule has 94 valence electrons. The molecule has 0 unspecified atom stereocenters. The molecule has 2 heterocycles. The summed E-state index contributed by atoms with van der Waals surface area (Å²) in [7, 11) is 0. The fourth-order valence-electron chi connectivity index (χ4n) is 2.20. The van der Waals surface area contributed by atoms with Crippen molar-refractivity contribution in [1.82, 2.24) is 10.2 Å². The topological polar surface area (TPSA) is 95.9 Å². The molecule has 2 N–H and O–H groups in total. The molecule has 2 rings (SSSR count). The van der Waals surface area contributed by atoms with Crippen LogP contribution in [-0.2, 0) is 14.3 Å². The molecule has 2 aliphatic rings. The number of nitrogens with one attached hydrogen (secondary N) is 1. The Kier molecular flexibility index (Phi) is 3.01. The molecule has 7 nitrogen and oxygen atoms in total. The molecule has 0 aliphatic carbocycles. The van der Waals surface area contributed by atoms with Gasteiger partial charge >= 0.3 is 12.1 Å². The number of nitrogens with zero attached hydrogens (tertiary/aromatic N) is 1. The number of piperidine rings is 1. The van der Waals surface area contributed by atoms with Crippen LogP contribution in [0.4, 0.5) is 4.79 Å². The van der Waals surface area contributed by atoms with E-state index in [4.69, 9.17) is 9.84 Å². The third-order valence-corrected chi connectivity index (χ3v) is 3.11. The van der Waals surface area contributed by atoms with Crippen molar-refractivity contribution in [1.29, 1.82) is 0 Å². The Labute approximate surface area is 97.7 Å². The van der Waals surface area contributed by atoms with Gasteiger partial charge in [0.2, 0.25) is 5.91 Å². The summed E-state index contributed by atoms with van der Waals surface area (Å²) in [5.41, 5.74) is -0.728. The quantitative estimate of drug-likeness (QED) is 0.681. The van der Waals surface area contributed by atoms with Crippen LogP contribution in [0.15, 0.2) is 0 Å². The number of carboxylic acids is 1. The van der Waals surface area contributed by atoms with Crippen molar-refractivity contribution >= 4 is 18.0 Å². The maximum absolute atomic E-state index is 11.8. The highest BCUT2D eigenvalue weighted by Gasteiger charge is 2.46. The predicted octanol–water partition coefficient (Wildman–Crippen LogP) is -0.438. The summed E-state index contributed by atoms with van der Waals surface area (Å²) in [5.74, 6) is -1.69. The zero-order chi connectivity index (χ0) is 12.5. The number of aliphatic carboxylic acids is 1. The van der Waals surface area contributed by atoms with Crippen LogP contribution in [0.1, 0.15) is 19.3 Å². The molecule has 17 heavy (non-hydrogen) atoms. The summed E-state index contributed by atoms with van der Waals surface area (Å²) in [5, 5.41) is 11.7. The second-order valence-corrected chi connectivity index (χ2v) is 4.35. The number of amides is 2. The normalized spacial score (nSPS) is 23.6. The van der Waals surface area contributed by atoms with Gasteiger partial charge in [0.15, 0.2) is 0 Å². The van der Waals surface area contributed by atoms with Crippen LogP contribution in [0.2, 0.25) is 0 Å². The number of rotatable bonds is 2. The summed E-state index contributed by atoms with van der Waals surface area (Å²) >= 11 is 0. The standard InChI is InChI=1S/C10H14N2O5/c13-7-5-10(1-3-11-4-2-10)17-9(16)12(7)6-8(14)15/h11H,1-6H2,(H,14,15). The van der Waals surface area contributed by atoms with E-state index in [2.05, 4.69) is 5.32 Å². The first-order valence-electron chi connectivity index (χ1n) is 5.48. The minimum atomic E-state index is -1.23. The van der Waals surface area contributed by atoms with E-state index < -0.39 is 30.1 Å². The van der Waals surface area contributed by atoms with Gasteiger partial charge < -0.3 is 15.2 Å². The molecule has 0 aromatic rings. The average molecular weight is 242 g/mol. The first-order chi connectivity index (χ1) is 8.02. The van der Waals surface area contributed by atoms with Crippen LogP contribution in [0, 0.1) is 0 Å². The Balaban J connectivity index is 2.09. The van der Waals surface area contributed by atoms with Crippen LogP contribution in [0.3, 0.4) is 0 Å². The van der Waals surface area contributed by atoms with Gasteiger partial charge in [-0.3, -0.25) is 9.59 Å². The van der Waals surface area contributed by atoms with Crippen molar-refractivity contribution in [2.75, 3.05) is 19.6 Å². The molecular weight excluding hydrogens is 228 g/mol. The maximum Gasteiger partial charge on any atom is 0.417 e. The van der Waals surface area contributed by atoms with Gasteiger partial charge in [-0.15, -0.1) is 0 Å². The lowest BCUT2D eigenvalue weighted by Gasteiger charge is -2.41. The van der Waals surface area contributed by atoms with Gasteiger partial charge in [0.25, 0.3) is 0 Å². The number of ether oxygens (including phenoxy) is 1. The van der Waals surface area contributed by atoms with Gasteiger partial charge in [0.05, 0.1) is 6.42 Å². The summed E-state index contributed by atoms with van der Waals surface area (Å²) in [4.78, 5) is 34.5. The molecule has 2 saturated heterocycles. The Morgan fingerprint density at radius 3 is 2.59 bits per heavy atom. The lowest BCUT2D eigenvalue weighted by Crippen LogP contribution is -2.57. The minimum absolute atomic E-state index is 0.0771. The molecule has 2 fully saturated rings. The third kappa shape index (κ3) is 2.38. The fraction of sp³-hybridized carbons (Fsp3) is 0.700. The highest BCUT2D eigenvalue weighted by atomic mass is 16.6. The van der Waals surface area contributed by atoms with E-state index in [0.717, 1.165) is 0 Å². The number of carboxylic acid groups (broad SMARTS) is 1. The van der Waals surface area contributed by atoms with Gasteiger partial charge in [0.1, 0.15) is 12.1 Å². The Hall–Kier alpha value is -1.63. The lowest BCUT2D eigenvalue weighted by molar-refractivity contribution is -0.153. The number of hydrogen-bond acceptors (Lipinski definition) is 5. The molecule has 2 aliphatic heterocycles. The van der Waals surface area contributed by atoms with Crippen molar-refractivity contribution in [3.05, 3.63) is 0 Å². The van der Waals surface area contributed by atoms with E-state index >= 15 is 0 Å². The predicted molar refractivity (Wildman–Crippen MR) is 55.3 cm³/mol. The van der Waals surface area contributed by atoms with Gasteiger partial charge in [-0.2, -0.15) is 0 Å². The molecule has 2 amide bonds.